The number of nitrogens with zero attached hydrogens (tertiary/aromatic N) is 2. The Kier molecular flexibility index (Phi) is 5.06. The second-order valence-corrected chi connectivity index (χ2v) is 8.57. The summed E-state index contributed by atoms with van der Waals surface area (Å²) in [6, 6.07) is 14.5. The third-order valence-electron chi connectivity index (χ3n) is 4.21. The molecule has 1 unspecified atom stereocenters. The molecule has 2 aromatic carbocycles. The van der Waals surface area contributed by atoms with Crippen molar-refractivity contribution in [3.63, 3.8) is 0 Å². The van der Waals surface area contributed by atoms with Crippen molar-refractivity contribution in [1.29, 1.82) is 0 Å². The molecule has 2 aromatic rings. The zero-order valence-corrected chi connectivity index (χ0v) is 15.5. The standard InChI is InChI=1S/C17H18Cl2N2O2S/c1-13-12-20(9-10-21(13)14-5-3-2-4-6-14)24(22,23)15-7-8-16(18)17(19)11-15/h2-8,11,13H,9-10,12H2,1H3. The smallest absolute Gasteiger partial charge is 0.243 e. The van der Waals surface area contributed by atoms with E-state index in [1.54, 1.807) is 0 Å². The van der Waals surface area contributed by atoms with E-state index in [0.717, 1.165) is 5.69 Å². The van der Waals surface area contributed by atoms with Gasteiger partial charge in [-0.05, 0) is 37.3 Å². The molecule has 0 radical (unpaired) electrons. The quantitative estimate of drug-likeness (QED) is 0.805. The van der Waals surface area contributed by atoms with Gasteiger partial charge in [0.2, 0.25) is 10.0 Å². The van der Waals surface area contributed by atoms with Crippen molar-refractivity contribution in [3.8, 4) is 0 Å². The molecule has 4 nitrogen and oxygen atoms in total. The minimum absolute atomic E-state index is 0.0821. The summed E-state index contributed by atoms with van der Waals surface area (Å²) in [5, 5.41) is 0.589. The monoisotopic (exact) mass is 384 g/mol. The molecule has 1 atom stereocenters. The van der Waals surface area contributed by atoms with Crippen LogP contribution in [0, 0.1) is 0 Å². The van der Waals surface area contributed by atoms with Crippen LogP contribution in [0.25, 0.3) is 0 Å². The van der Waals surface area contributed by atoms with E-state index in [2.05, 4.69) is 4.90 Å². The van der Waals surface area contributed by atoms with Gasteiger partial charge in [-0.3, -0.25) is 0 Å². The number of para-hydroxylation sites is 1. The number of hydrogen-bond acceptors (Lipinski definition) is 3. The van der Waals surface area contributed by atoms with E-state index in [0.29, 0.717) is 24.7 Å². The van der Waals surface area contributed by atoms with Gasteiger partial charge in [0.1, 0.15) is 0 Å². The van der Waals surface area contributed by atoms with Crippen LogP contribution < -0.4 is 4.90 Å². The number of rotatable bonds is 3. The molecule has 1 heterocycles. The predicted octanol–water partition coefficient (Wildman–Crippen LogP) is 3.89. The topological polar surface area (TPSA) is 40.6 Å². The van der Waals surface area contributed by atoms with Crippen molar-refractivity contribution in [2.75, 3.05) is 24.5 Å². The van der Waals surface area contributed by atoms with Crippen molar-refractivity contribution in [1.82, 2.24) is 4.31 Å². The van der Waals surface area contributed by atoms with Gasteiger partial charge >= 0.3 is 0 Å². The second-order valence-electron chi connectivity index (χ2n) is 5.82. The Hall–Kier alpha value is -1.27. The SMILES string of the molecule is CC1CN(S(=O)(=O)c2ccc(Cl)c(Cl)c2)CCN1c1ccccc1. The lowest BCUT2D eigenvalue weighted by Gasteiger charge is -2.40. The van der Waals surface area contributed by atoms with Crippen molar-refractivity contribution >= 4 is 38.9 Å². The van der Waals surface area contributed by atoms with Crippen molar-refractivity contribution in [2.45, 2.75) is 17.9 Å². The maximum atomic E-state index is 12.8. The Morgan fingerprint density at radius 3 is 2.33 bits per heavy atom. The fourth-order valence-electron chi connectivity index (χ4n) is 2.93. The van der Waals surface area contributed by atoms with Crippen molar-refractivity contribution in [3.05, 3.63) is 58.6 Å². The van der Waals surface area contributed by atoms with Crippen LogP contribution in [0.15, 0.2) is 53.4 Å². The number of piperazine rings is 1. The van der Waals surface area contributed by atoms with Crippen LogP contribution >= 0.6 is 23.2 Å². The number of halogens is 2. The summed E-state index contributed by atoms with van der Waals surface area (Å²) in [6.07, 6.45) is 0. The van der Waals surface area contributed by atoms with E-state index in [4.69, 9.17) is 23.2 Å². The molecule has 0 bridgehead atoms. The first-order chi connectivity index (χ1) is 11.4. The van der Waals surface area contributed by atoms with E-state index in [1.807, 2.05) is 37.3 Å². The van der Waals surface area contributed by atoms with Crippen LogP contribution in [-0.2, 0) is 10.0 Å². The second kappa shape index (κ2) is 6.92. The zero-order chi connectivity index (χ0) is 17.3. The first kappa shape index (κ1) is 17.5. The highest BCUT2D eigenvalue weighted by molar-refractivity contribution is 7.89. The molecule has 1 aliphatic rings. The predicted molar refractivity (Wildman–Crippen MR) is 98.5 cm³/mol. The van der Waals surface area contributed by atoms with Gasteiger partial charge in [-0.1, -0.05) is 41.4 Å². The fourth-order valence-corrected chi connectivity index (χ4v) is 4.83. The van der Waals surface area contributed by atoms with Crippen LogP contribution in [0.2, 0.25) is 10.0 Å². The number of sulfonamides is 1. The first-order valence-corrected chi connectivity index (χ1v) is 9.86. The first-order valence-electron chi connectivity index (χ1n) is 7.66. The Labute approximate surface area is 152 Å². The molecule has 0 aliphatic carbocycles. The minimum atomic E-state index is -3.58. The molecule has 3 rings (SSSR count). The maximum Gasteiger partial charge on any atom is 0.243 e. The lowest BCUT2D eigenvalue weighted by Crippen LogP contribution is -2.53. The average molecular weight is 385 g/mol. The molecular formula is C17H18Cl2N2O2S. The highest BCUT2D eigenvalue weighted by atomic mass is 35.5. The van der Waals surface area contributed by atoms with Gasteiger partial charge in [-0.15, -0.1) is 0 Å². The highest BCUT2D eigenvalue weighted by Gasteiger charge is 2.32. The van der Waals surface area contributed by atoms with Gasteiger partial charge in [0.05, 0.1) is 14.9 Å². The largest absolute Gasteiger partial charge is 0.366 e. The lowest BCUT2D eigenvalue weighted by atomic mass is 10.2. The van der Waals surface area contributed by atoms with Gasteiger partial charge in [-0.25, -0.2) is 8.42 Å². The third-order valence-corrected chi connectivity index (χ3v) is 6.81. The zero-order valence-electron chi connectivity index (χ0n) is 13.2. The molecule has 1 fully saturated rings. The summed E-state index contributed by atoms with van der Waals surface area (Å²) in [5.41, 5.74) is 1.11. The molecule has 0 N–H and O–H groups in total. The average Bonchev–Trinajstić information content (AvgIpc) is 2.58. The van der Waals surface area contributed by atoms with Crippen LogP contribution in [-0.4, -0.2) is 38.4 Å². The van der Waals surface area contributed by atoms with E-state index < -0.39 is 10.0 Å². The Morgan fingerprint density at radius 2 is 1.71 bits per heavy atom. The van der Waals surface area contributed by atoms with Crippen LogP contribution in [0.1, 0.15) is 6.92 Å². The molecule has 0 aromatic heterocycles. The normalized spacial score (nSPS) is 19.5. The minimum Gasteiger partial charge on any atom is -0.366 e. The summed E-state index contributed by atoms with van der Waals surface area (Å²) < 4.78 is 27.2. The molecule has 24 heavy (non-hydrogen) atoms. The summed E-state index contributed by atoms with van der Waals surface area (Å²) in [7, 11) is -3.58. The molecule has 0 saturated carbocycles. The van der Waals surface area contributed by atoms with E-state index in [9.17, 15) is 8.42 Å². The Bertz CT molecular complexity index is 828. The van der Waals surface area contributed by atoms with Crippen molar-refractivity contribution in [2.24, 2.45) is 0 Å². The molecule has 7 heteroatoms. The van der Waals surface area contributed by atoms with Gasteiger partial charge in [0.25, 0.3) is 0 Å². The van der Waals surface area contributed by atoms with Gasteiger partial charge in [0.15, 0.2) is 0 Å². The van der Waals surface area contributed by atoms with Crippen molar-refractivity contribution < 1.29 is 8.42 Å². The summed E-state index contributed by atoms with van der Waals surface area (Å²) in [5.74, 6) is 0. The molecular weight excluding hydrogens is 367 g/mol. The summed E-state index contributed by atoms with van der Waals surface area (Å²) in [6.45, 7) is 3.54. The fraction of sp³-hybridized carbons (Fsp3) is 0.294. The molecule has 128 valence electrons. The van der Waals surface area contributed by atoms with Crippen LogP contribution in [0.4, 0.5) is 5.69 Å². The van der Waals surface area contributed by atoms with E-state index in [-0.39, 0.29) is 16.0 Å². The number of benzene rings is 2. The van der Waals surface area contributed by atoms with E-state index >= 15 is 0 Å². The summed E-state index contributed by atoms with van der Waals surface area (Å²) in [4.78, 5) is 2.40. The van der Waals surface area contributed by atoms with Gasteiger partial charge < -0.3 is 4.90 Å². The van der Waals surface area contributed by atoms with Gasteiger partial charge in [-0.2, -0.15) is 4.31 Å². The Balaban J connectivity index is 1.80. The van der Waals surface area contributed by atoms with Crippen LogP contribution in [0.3, 0.4) is 0 Å². The molecule has 0 amide bonds. The number of anilines is 1. The lowest BCUT2D eigenvalue weighted by molar-refractivity contribution is 0.342. The number of hydrogen-bond donors (Lipinski definition) is 0. The van der Waals surface area contributed by atoms with Crippen LogP contribution in [0.5, 0.6) is 0 Å². The maximum absolute atomic E-state index is 12.8. The Morgan fingerprint density at radius 1 is 1.00 bits per heavy atom. The molecule has 0 spiro atoms. The third kappa shape index (κ3) is 3.40. The summed E-state index contributed by atoms with van der Waals surface area (Å²) >= 11 is 11.8. The molecule has 1 saturated heterocycles. The van der Waals surface area contributed by atoms with E-state index in [1.165, 1.54) is 22.5 Å². The molecule has 1 aliphatic heterocycles. The van der Waals surface area contributed by atoms with Gasteiger partial charge in [0, 0.05) is 31.4 Å². The highest BCUT2D eigenvalue weighted by Crippen LogP contribution is 2.28.